The summed E-state index contributed by atoms with van der Waals surface area (Å²) in [6, 6.07) is 1.89. The molecule has 22 heavy (non-hydrogen) atoms. The van der Waals surface area contributed by atoms with Gasteiger partial charge in [0.15, 0.2) is 0 Å². The molecule has 0 saturated carbocycles. The van der Waals surface area contributed by atoms with Crippen molar-refractivity contribution in [3.05, 3.63) is 23.0 Å². The van der Waals surface area contributed by atoms with Crippen LogP contribution in [0.3, 0.4) is 0 Å². The second kappa shape index (κ2) is 5.93. The minimum Gasteiger partial charge on any atom is -0.379 e. The fourth-order valence-electron chi connectivity index (χ4n) is 3.31. The third-order valence-corrected chi connectivity index (χ3v) is 4.99. The van der Waals surface area contributed by atoms with Gasteiger partial charge in [0.25, 0.3) is 5.91 Å². The minimum absolute atomic E-state index is 0.0180. The number of aromatic nitrogens is 2. The zero-order valence-corrected chi connectivity index (χ0v) is 13.6. The molecule has 1 aromatic rings. The van der Waals surface area contributed by atoms with Crippen LogP contribution in [0.1, 0.15) is 35.1 Å². The first kappa shape index (κ1) is 15.4. The van der Waals surface area contributed by atoms with Gasteiger partial charge in [-0.15, -0.1) is 0 Å². The predicted molar refractivity (Wildman–Crippen MR) is 82.8 cm³/mol. The van der Waals surface area contributed by atoms with E-state index >= 15 is 0 Å². The number of carbonyl (C=O) groups excluding carboxylic acids is 1. The van der Waals surface area contributed by atoms with E-state index in [-0.39, 0.29) is 11.4 Å². The van der Waals surface area contributed by atoms with Gasteiger partial charge in [0, 0.05) is 26.2 Å². The van der Waals surface area contributed by atoms with Crippen molar-refractivity contribution in [3.8, 4) is 0 Å². The van der Waals surface area contributed by atoms with E-state index in [1.165, 1.54) is 0 Å². The first-order valence-corrected chi connectivity index (χ1v) is 7.97. The highest BCUT2D eigenvalue weighted by Gasteiger charge is 2.44. The number of carbonyl (C=O) groups is 1. The van der Waals surface area contributed by atoms with Crippen molar-refractivity contribution in [2.45, 2.75) is 32.2 Å². The zero-order valence-electron chi connectivity index (χ0n) is 13.6. The molecule has 2 aliphatic rings. The lowest BCUT2D eigenvalue weighted by Crippen LogP contribution is -2.62. The molecular formula is C16H24N4O2. The molecule has 0 aliphatic carbocycles. The largest absolute Gasteiger partial charge is 0.379 e. The third kappa shape index (κ3) is 2.61. The molecule has 2 saturated heterocycles. The highest BCUT2D eigenvalue weighted by atomic mass is 16.5. The molecule has 1 atom stereocenters. The van der Waals surface area contributed by atoms with Gasteiger partial charge in [-0.1, -0.05) is 6.92 Å². The molecule has 0 aromatic carbocycles. The molecule has 2 fully saturated rings. The zero-order chi connectivity index (χ0) is 15.7. The predicted octanol–water partition coefficient (Wildman–Crippen LogP) is 0.894. The molecule has 3 heterocycles. The average molecular weight is 304 g/mol. The van der Waals surface area contributed by atoms with Crippen LogP contribution in [0.25, 0.3) is 0 Å². The van der Waals surface area contributed by atoms with Crippen molar-refractivity contribution >= 4 is 5.91 Å². The molecule has 6 heteroatoms. The van der Waals surface area contributed by atoms with Crippen LogP contribution >= 0.6 is 0 Å². The van der Waals surface area contributed by atoms with Crippen LogP contribution in [0.5, 0.6) is 0 Å². The summed E-state index contributed by atoms with van der Waals surface area (Å²) >= 11 is 0. The maximum absolute atomic E-state index is 12.9. The average Bonchev–Trinajstić information content (AvgIpc) is 2.99. The van der Waals surface area contributed by atoms with Crippen molar-refractivity contribution in [2.75, 3.05) is 39.9 Å². The number of piperazine rings is 1. The van der Waals surface area contributed by atoms with E-state index in [1.54, 1.807) is 0 Å². The number of rotatable bonds is 2. The molecule has 0 radical (unpaired) electrons. The third-order valence-electron chi connectivity index (χ3n) is 4.99. The Kier molecular flexibility index (Phi) is 4.14. The van der Waals surface area contributed by atoms with Crippen LogP contribution in [0.4, 0.5) is 0 Å². The molecule has 0 bridgehead atoms. The molecule has 0 N–H and O–H groups in total. The van der Waals surface area contributed by atoms with Crippen molar-refractivity contribution in [1.82, 2.24) is 20.0 Å². The van der Waals surface area contributed by atoms with Crippen molar-refractivity contribution in [3.63, 3.8) is 0 Å². The number of amides is 1. The molecule has 120 valence electrons. The minimum atomic E-state index is -0.0180. The fraction of sp³-hybridized carbons (Fsp3) is 0.688. The van der Waals surface area contributed by atoms with Crippen LogP contribution in [0, 0.1) is 6.92 Å². The summed E-state index contributed by atoms with van der Waals surface area (Å²) in [4.78, 5) is 17.2. The standard InChI is InChI=1S/C16H24N4O2/c1-4-13-9-14(12(2)17-18-13)15(21)20-7-6-19(3)16(10-20)5-8-22-11-16/h9H,4-8,10-11H2,1-3H3. The maximum atomic E-state index is 12.9. The second-order valence-electron chi connectivity index (χ2n) is 6.36. The lowest BCUT2D eigenvalue weighted by molar-refractivity contribution is 0.00918. The Labute approximate surface area is 131 Å². The molecule has 6 nitrogen and oxygen atoms in total. The molecule has 1 spiro atoms. The number of hydrogen-bond acceptors (Lipinski definition) is 5. The maximum Gasteiger partial charge on any atom is 0.255 e. The number of aryl methyl sites for hydroxylation is 2. The van der Waals surface area contributed by atoms with Gasteiger partial charge in [0.05, 0.1) is 29.1 Å². The van der Waals surface area contributed by atoms with Gasteiger partial charge in [-0.3, -0.25) is 9.69 Å². The molecule has 2 aliphatic heterocycles. The Hall–Kier alpha value is -1.53. The van der Waals surface area contributed by atoms with E-state index < -0.39 is 0 Å². The van der Waals surface area contributed by atoms with Crippen LogP contribution in [-0.2, 0) is 11.2 Å². The number of ether oxygens (including phenoxy) is 1. The number of hydrogen-bond donors (Lipinski definition) is 0. The first-order chi connectivity index (χ1) is 10.6. The SMILES string of the molecule is CCc1cc(C(=O)N2CCN(C)C3(CCOC3)C2)c(C)nn1. The van der Waals surface area contributed by atoms with Crippen LogP contribution in [-0.4, -0.2) is 71.3 Å². The molecule has 3 rings (SSSR count). The van der Waals surface area contributed by atoms with Gasteiger partial charge in [-0.2, -0.15) is 10.2 Å². The lowest BCUT2D eigenvalue weighted by Gasteiger charge is -2.46. The van der Waals surface area contributed by atoms with Gasteiger partial charge in [0.1, 0.15) is 0 Å². The van der Waals surface area contributed by atoms with E-state index in [4.69, 9.17) is 4.74 Å². The highest BCUT2D eigenvalue weighted by Crippen LogP contribution is 2.29. The molecule has 1 amide bonds. The topological polar surface area (TPSA) is 58.6 Å². The Morgan fingerprint density at radius 1 is 1.41 bits per heavy atom. The summed E-state index contributed by atoms with van der Waals surface area (Å²) in [6.45, 7) is 7.72. The molecule has 1 aromatic heterocycles. The monoisotopic (exact) mass is 304 g/mol. The van der Waals surface area contributed by atoms with Gasteiger partial charge in [-0.05, 0) is 32.9 Å². The highest BCUT2D eigenvalue weighted by molar-refractivity contribution is 5.95. The lowest BCUT2D eigenvalue weighted by atomic mass is 9.93. The quantitative estimate of drug-likeness (QED) is 0.812. The molecular weight excluding hydrogens is 280 g/mol. The molecule has 1 unspecified atom stereocenters. The summed E-state index contributed by atoms with van der Waals surface area (Å²) in [7, 11) is 2.13. The van der Waals surface area contributed by atoms with E-state index in [1.807, 2.05) is 24.8 Å². The summed E-state index contributed by atoms with van der Waals surface area (Å²) in [5.74, 6) is 0.0708. The van der Waals surface area contributed by atoms with E-state index in [0.29, 0.717) is 17.9 Å². The van der Waals surface area contributed by atoms with Crippen molar-refractivity contribution < 1.29 is 9.53 Å². The number of likely N-dealkylation sites (N-methyl/N-ethyl adjacent to an activating group) is 1. The Bertz CT molecular complexity index is 569. The summed E-state index contributed by atoms with van der Waals surface area (Å²) < 4.78 is 5.60. The summed E-state index contributed by atoms with van der Waals surface area (Å²) in [6.07, 6.45) is 1.77. The van der Waals surface area contributed by atoms with Crippen LogP contribution in [0.15, 0.2) is 6.07 Å². The fourth-order valence-corrected chi connectivity index (χ4v) is 3.31. The Balaban J connectivity index is 1.83. The Morgan fingerprint density at radius 2 is 2.23 bits per heavy atom. The summed E-state index contributed by atoms with van der Waals surface area (Å²) in [5, 5.41) is 8.26. The van der Waals surface area contributed by atoms with Crippen molar-refractivity contribution in [1.29, 1.82) is 0 Å². The van der Waals surface area contributed by atoms with E-state index in [9.17, 15) is 4.79 Å². The smallest absolute Gasteiger partial charge is 0.255 e. The van der Waals surface area contributed by atoms with E-state index in [2.05, 4.69) is 22.1 Å². The number of nitrogens with zero attached hydrogens (tertiary/aromatic N) is 4. The summed E-state index contributed by atoms with van der Waals surface area (Å²) in [5.41, 5.74) is 2.24. The van der Waals surface area contributed by atoms with Gasteiger partial charge in [-0.25, -0.2) is 0 Å². The normalized spacial score (nSPS) is 25.9. The van der Waals surface area contributed by atoms with E-state index in [0.717, 1.165) is 44.8 Å². The van der Waals surface area contributed by atoms with Crippen molar-refractivity contribution in [2.24, 2.45) is 0 Å². The van der Waals surface area contributed by atoms with Crippen LogP contribution < -0.4 is 0 Å². The van der Waals surface area contributed by atoms with Crippen LogP contribution in [0.2, 0.25) is 0 Å². The Morgan fingerprint density at radius 3 is 2.91 bits per heavy atom. The first-order valence-electron chi connectivity index (χ1n) is 7.97. The van der Waals surface area contributed by atoms with Gasteiger partial charge >= 0.3 is 0 Å². The van der Waals surface area contributed by atoms with Gasteiger partial charge < -0.3 is 9.64 Å². The second-order valence-corrected chi connectivity index (χ2v) is 6.36. The van der Waals surface area contributed by atoms with Gasteiger partial charge in [0.2, 0.25) is 0 Å².